The Morgan fingerprint density at radius 3 is 3.00 bits per heavy atom. The van der Waals surface area contributed by atoms with Crippen LogP contribution in [0.15, 0.2) is 12.1 Å². The molecule has 2 rings (SSSR count). The highest BCUT2D eigenvalue weighted by atomic mass is 16.3. The lowest BCUT2D eigenvalue weighted by molar-refractivity contribution is -0.119. The predicted octanol–water partition coefficient (Wildman–Crippen LogP) is 0.878. The first kappa shape index (κ1) is 13.3. The Morgan fingerprint density at radius 2 is 2.37 bits per heavy atom. The predicted molar refractivity (Wildman–Crippen MR) is 69.4 cm³/mol. The highest BCUT2D eigenvalue weighted by Crippen LogP contribution is 2.25. The SMILES string of the molecule is Cc1ccc(O)c(NC(=O)C2CC(C#N)N(C)C2)n1. The van der Waals surface area contributed by atoms with Gasteiger partial charge in [0.25, 0.3) is 0 Å². The number of likely N-dealkylation sites (tertiary alicyclic amines) is 1. The number of aryl methyl sites for hydroxylation is 1. The molecule has 0 spiro atoms. The molecule has 1 saturated heterocycles. The number of hydrogen-bond acceptors (Lipinski definition) is 5. The van der Waals surface area contributed by atoms with Gasteiger partial charge in [0, 0.05) is 12.2 Å². The van der Waals surface area contributed by atoms with Gasteiger partial charge in [-0.05, 0) is 32.5 Å². The van der Waals surface area contributed by atoms with Gasteiger partial charge in [0.15, 0.2) is 11.6 Å². The van der Waals surface area contributed by atoms with Crippen molar-refractivity contribution in [1.29, 1.82) is 5.26 Å². The second-order valence-electron chi connectivity index (χ2n) is 4.83. The van der Waals surface area contributed by atoms with Crippen LogP contribution < -0.4 is 5.32 Å². The number of anilines is 1. The van der Waals surface area contributed by atoms with Gasteiger partial charge in [-0.25, -0.2) is 4.98 Å². The molecule has 19 heavy (non-hydrogen) atoms. The van der Waals surface area contributed by atoms with Gasteiger partial charge in [-0.3, -0.25) is 9.69 Å². The molecule has 0 radical (unpaired) electrons. The third-order valence-electron chi connectivity index (χ3n) is 3.32. The summed E-state index contributed by atoms with van der Waals surface area (Å²) >= 11 is 0. The van der Waals surface area contributed by atoms with E-state index in [9.17, 15) is 9.90 Å². The van der Waals surface area contributed by atoms with Crippen molar-refractivity contribution in [3.8, 4) is 11.8 Å². The maximum atomic E-state index is 12.1. The van der Waals surface area contributed by atoms with E-state index in [2.05, 4.69) is 16.4 Å². The summed E-state index contributed by atoms with van der Waals surface area (Å²) in [5, 5.41) is 21.2. The highest BCUT2D eigenvalue weighted by molar-refractivity contribution is 5.93. The molecule has 2 N–H and O–H groups in total. The van der Waals surface area contributed by atoms with Crippen LogP contribution in [0.25, 0.3) is 0 Å². The number of aromatic nitrogens is 1. The summed E-state index contributed by atoms with van der Waals surface area (Å²) in [5.74, 6) is -0.343. The lowest BCUT2D eigenvalue weighted by atomic mass is 10.1. The number of nitrogens with zero attached hydrogens (tertiary/aromatic N) is 3. The Labute approximate surface area is 111 Å². The van der Waals surface area contributed by atoms with E-state index in [-0.39, 0.29) is 29.4 Å². The summed E-state index contributed by atoms with van der Waals surface area (Å²) in [6.45, 7) is 2.32. The number of amides is 1. The molecule has 6 nitrogen and oxygen atoms in total. The molecule has 2 atom stereocenters. The molecule has 2 heterocycles. The molecule has 1 aromatic rings. The molecule has 2 unspecified atom stereocenters. The van der Waals surface area contributed by atoms with Crippen LogP contribution in [-0.4, -0.2) is 40.5 Å². The fourth-order valence-electron chi connectivity index (χ4n) is 2.20. The molecule has 0 bridgehead atoms. The van der Waals surface area contributed by atoms with Gasteiger partial charge in [-0.15, -0.1) is 0 Å². The number of hydrogen-bond donors (Lipinski definition) is 2. The largest absolute Gasteiger partial charge is 0.504 e. The molecule has 1 aliphatic rings. The number of nitriles is 1. The number of aromatic hydroxyl groups is 1. The lowest BCUT2D eigenvalue weighted by Gasteiger charge is -2.12. The van der Waals surface area contributed by atoms with Crippen molar-refractivity contribution in [2.45, 2.75) is 19.4 Å². The number of carbonyl (C=O) groups is 1. The zero-order chi connectivity index (χ0) is 14.0. The minimum Gasteiger partial charge on any atom is -0.504 e. The molecule has 6 heteroatoms. The first-order valence-corrected chi connectivity index (χ1v) is 6.08. The standard InChI is InChI=1S/C13H16N4O2/c1-8-3-4-11(18)12(15-8)16-13(19)9-5-10(6-14)17(2)7-9/h3-4,9-10,18H,5,7H2,1-2H3,(H,15,16,19). The lowest BCUT2D eigenvalue weighted by Crippen LogP contribution is -2.26. The molecule has 1 amide bonds. The van der Waals surface area contributed by atoms with E-state index in [1.807, 2.05) is 11.9 Å². The minimum absolute atomic E-state index is 0.0536. The molecule has 0 aromatic carbocycles. The summed E-state index contributed by atoms with van der Waals surface area (Å²) in [7, 11) is 1.82. The quantitative estimate of drug-likeness (QED) is 0.824. The Hall–Kier alpha value is -2.13. The first-order chi connectivity index (χ1) is 9.01. The summed E-state index contributed by atoms with van der Waals surface area (Å²) < 4.78 is 0. The zero-order valence-electron chi connectivity index (χ0n) is 10.9. The van der Waals surface area contributed by atoms with Gasteiger partial charge >= 0.3 is 0 Å². The van der Waals surface area contributed by atoms with Crippen LogP contribution in [0, 0.1) is 24.2 Å². The number of rotatable bonds is 2. The molecule has 0 saturated carbocycles. The van der Waals surface area contributed by atoms with E-state index >= 15 is 0 Å². The second kappa shape index (κ2) is 5.24. The molecule has 1 aliphatic heterocycles. The topological polar surface area (TPSA) is 89.2 Å². The van der Waals surface area contributed by atoms with Gasteiger partial charge in [0.2, 0.25) is 5.91 Å². The Kier molecular flexibility index (Phi) is 3.67. The fraction of sp³-hybridized carbons (Fsp3) is 0.462. The normalized spacial score (nSPS) is 23.0. The average molecular weight is 260 g/mol. The maximum Gasteiger partial charge on any atom is 0.230 e. The maximum absolute atomic E-state index is 12.1. The van der Waals surface area contributed by atoms with Crippen LogP contribution >= 0.6 is 0 Å². The molecule has 1 aromatic heterocycles. The molecular weight excluding hydrogens is 244 g/mol. The van der Waals surface area contributed by atoms with Crippen molar-refractivity contribution in [2.75, 3.05) is 18.9 Å². The monoisotopic (exact) mass is 260 g/mol. The highest BCUT2D eigenvalue weighted by Gasteiger charge is 2.34. The van der Waals surface area contributed by atoms with Gasteiger partial charge < -0.3 is 10.4 Å². The zero-order valence-corrected chi connectivity index (χ0v) is 10.9. The van der Waals surface area contributed by atoms with Crippen LogP contribution in [0.2, 0.25) is 0 Å². The van der Waals surface area contributed by atoms with Gasteiger partial charge in [0.1, 0.15) is 0 Å². The first-order valence-electron chi connectivity index (χ1n) is 6.08. The molecule has 1 fully saturated rings. The van der Waals surface area contributed by atoms with E-state index in [1.54, 1.807) is 13.0 Å². The number of carbonyl (C=O) groups excluding carboxylic acids is 1. The van der Waals surface area contributed by atoms with Crippen molar-refractivity contribution in [2.24, 2.45) is 5.92 Å². The van der Waals surface area contributed by atoms with Crippen LogP contribution in [0.3, 0.4) is 0 Å². The van der Waals surface area contributed by atoms with Crippen LogP contribution in [0.1, 0.15) is 12.1 Å². The molecule has 100 valence electrons. The average Bonchev–Trinajstić information content (AvgIpc) is 2.75. The van der Waals surface area contributed by atoms with E-state index in [0.29, 0.717) is 18.7 Å². The fourth-order valence-corrected chi connectivity index (χ4v) is 2.20. The second-order valence-corrected chi connectivity index (χ2v) is 4.83. The van der Waals surface area contributed by atoms with Gasteiger partial charge in [-0.1, -0.05) is 0 Å². The van der Waals surface area contributed by atoms with Crippen molar-refractivity contribution in [3.63, 3.8) is 0 Å². The van der Waals surface area contributed by atoms with E-state index in [0.717, 1.165) is 0 Å². The van der Waals surface area contributed by atoms with Crippen molar-refractivity contribution >= 4 is 11.7 Å². The minimum atomic E-state index is -0.253. The number of pyridine rings is 1. The Bertz CT molecular complexity index is 538. The summed E-state index contributed by atoms with van der Waals surface area (Å²) in [5.41, 5.74) is 0.714. The summed E-state index contributed by atoms with van der Waals surface area (Å²) in [4.78, 5) is 18.0. The third kappa shape index (κ3) is 2.83. The van der Waals surface area contributed by atoms with E-state index in [1.165, 1.54) is 6.07 Å². The van der Waals surface area contributed by atoms with Crippen molar-refractivity contribution in [1.82, 2.24) is 9.88 Å². The summed E-state index contributed by atoms with van der Waals surface area (Å²) in [6.07, 6.45) is 0.505. The number of nitrogens with one attached hydrogen (secondary N) is 1. The van der Waals surface area contributed by atoms with Gasteiger partial charge in [-0.2, -0.15) is 5.26 Å². The Balaban J connectivity index is 2.06. The Morgan fingerprint density at radius 1 is 1.63 bits per heavy atom. The van der Waals surface area contributed by atoms with E-state index in [4.69, 9.17) is 5.26 Å². The third-order valence-corrected chi connectivity index (χ3v) is 3.32. The van der Waals surface area contributed by atoms with Crippen LogP contribution in [0.4, 0.5) is 5.82 Å². The summed E-state index contributed by atoms with van der Waals surface area (Å²) in [6, 6.07) is 5.10. The molecule has 0 aliphatic carbocycles. The van der Waals surface area contributed by atoms with Gasteiger partial charge in [0.05, 0.1) is 18.0 Å². The van der Waals surface area contributed by atoms with Crippen LogP contribution in [0.5, 0.6) is 5.75 Å². The molecular formula is C13H16N4O2. The van der Waals surface area contributed by atoms with E-state index < -0.39 is 0 Å². The van der Waals surface area contributed by atoms with Crippen molar-refractivity contribution < 1.29 is 9.90 Å². The van der Waals surface area contributed by atoms with Crippen molar-refractivity contribution in [3.05, 3.63) is 17.8 Å². The smallest absolute Gasteiger partial charge is 0.230 e. The van der Waals surface area contributed by atoms with Crippen LogP contribution in [-0.2, 0) is 4.79 Å².